The molecule has 0 spiro atoms. The Hall–Kier alpha value is -4.64. The smallest absolute Gasteiger partial charge is 0.263 e. The highest BCUT2D eigenvalue weighted by Gasteiger charge is 2.21. The van der Waals surface area contributed by atoms with Gasteiger partial charge in [-0.05, 0) is 48.5 Å². The fourth-order valence-corrected chi connectivity index (χ4v) is 4.78. The molecule has 2 heterocycles. The number of methoxy groups -OCH3 is 1. The van der Waals surface area contributed by atoms with Crippen LogP contribution < -0.4 is 14.8 Å². The zero-order valence-corrected chi connectivity index (χ0v) is 21.0. The average molecular weight is 518 g/mol. The van der Waals surface area contributed by atoms with Crippen molar-refractivity contribution in [2.75, 3.05) is 31.2 Å². The summed E-state index contributed by atoms with van der Waals surface area (Å²) in [6, 6.07) is 18.1. The minimum Gasteiger partial charge on any atom is -0.497 e. The molecule has 0 saturated carbocycles. The Morgan fingerprint density at radius 2 is 1.62 bits per heavy atom. The molecular formula is C26H23N5O5S. The second-order valence-electron chi connectivity index (χ2n) is 8.38. The number of hydrogen-bond acceptors (Lipinski definition) is 8. The molecule has 37 heavy (non-hydrogen) atoms. The molecule has 0 radical (unpaired) electrons. The van der Waals surface area contributed by atoms with Crippen LogP contribution in [-0.2, 0) is 10.0 Å². The third kappa shape index (κ3) is 4.76. The van der Waals surface area contributed by atoms with Crippen LogP contribution in [0.2, 0.25) is 0 Å². The maximum Gasteiger partial charge on any atom is 0.263 e. The summed E-state index contributed by atoms with van der Waals surface area (Å²) in [4.78, 5) is 22.7. The third-order valence-corrected chi connectivity index (χ3v) is 6.99. The number of ether oxygens (including phenoxy) is 1. The van der Waals surface area contributed by atoms with Gasteiger partial charge in [-0.15, -0.1) is 0 Å². The summed E-state index contributed by atoms with van der Waals surface area (Å²) in [6.07, 6.45) is 1.55. The van der Waals surface area contributed by atoms with Crippen LogP contribution in [0.3, 0.4) is 0 Å². The van der Waals surface area contributed by atoms with Crippen LogP contribution in [0.15, 0.2) is 82.3 Å². The molecule has 2 N–H and O–H groups in total. The van der Waals surface area contributed by atoms with Crippen LogP contribution in [0, 0.1) is 0 Å². The van der Waals surface area contributed by atoms with E-state index in [4.69, 9.17) is 9.15 Å². The van der Waals surface area contributed by atoms with Gasteiger partial charge in [0.25, 0.3) is 15.9 Å². The highest BCUT2D eigenvalue weighted by atomic mass is 32.2. The Kier molecular flexibility index (Phi) is 6.14. The highest BCUT2D eigenvalue weighted by Crippen LogP contribution is 2.34. The summed E-state index contributed by atoms with van der Waals surface area (Å²) in [7, 11) is 0.734. The molecule has 11 heteroatoms. The normalized spacial score (nSPS) is 11.4. The monoisotopic (exact) mass is 517 g/mol. The van der Waals surface area contributed by atoms with Crippen LogP contribution >= 0.6 is 0 Å². The lowest BCUT2D eigenvalue weighted by atomic mass is 10.2. The van der Waals surface area contributed by atoms with Gasteiger partial charge in [0.15, 0.2) is 17.2 Å². The largest absolute Gasteiger partial charge is 0.497 e. The Balaban J connectivity index is 1.56. The number of fused-ring (bicyclic) bond motifs is 2. The van der Waals surface area contributed by atoms with E-state index in [1.807, 2.05) is 12.1 Å². The number of aromatic nitrogens is 2. The van der Waals surface area contributed by atoms with Crippen LogP contribution in [0.4, 0.5) is 17.3 Å². The molecule has 5 aromatic rings. The van der Waals surface area contributed by atoms with Crippen molar-refractivity contribution in [2.45, 2.75) is 4.90 Å². The van der Waals surface area contributed by atoms with Gasteiger partial charge in [0.2, 0.25) is 0 Å². The number of nitrogens with zero attached hydrogens (tertiary/aromatic N) is 3. The Labute approximate surface area is 212 Å². The Bertz CT molecular complexity index is 1730. The average Bonchev–Trinajstić information content (AvgIpc) is 3.37. The molecule has 10 nitrogen and oxygen atoms in total. The van der Waals surface area contributed by atoms with Crippen LogP contribution in [0.5, 0.6) is 5.75 Å². The van der Waals surface area contributed by atoms with E-state index in [1.165, 1.54) is 29.2 Å². The molecule has 1 amide bonds. The molecular weight excluding hydrogens is 494 g/mol. The predicted octanol–water partition coefficient (Wildman–Crippen LogP) is 4.63. The van der Waals surface area contributed by atoms with Gasteiger partial charge in [-0.1, -0.05) is 12.1 Å². The molecule has 5 rings (SSSR count). The first-order valence-electron chi connectivity index (χ1n) is 11.2. The van der Waals surface area contributed by atoms with Gasteiger partial charge in [-0.3, -0.25) is 9.52 Å². The number of nitrogens with one attached hydrogen (secondary N) is 2. The van der Waals surface area contributed by atoms with Crippen molar-refractivity contribution in [1.29, 1.82) is 0 Å². The number of furan rings is 1. The van der Waals surface area contributed by atoms with E-state index < -0.39 is 10.0 Å². The van der Waals surface area contributed by atoms with E-state index in [9.17, 15) is 13.2 Å². The van der Waals surface area contributed by atoms with E-state index in [0.717, 1.165) is 5.39 Å². The number of sulfonamides is 1. The molecule has 3 aromatic carbocycles. The fourth-order valence-electron chi connectivity index (χ4n) is 3.77. The van der Waals surface area contributed by atoms with Crippen molar-refractivity contribution in [2.24, 2.45) is 0 Å². The van der Waals surface area contributed by atoms with Crippen molar-refractivity contribution in [3.05, 3.63) is 78.6 Å². The minimum absolute atomic E-state index is 0.00493. The topological polar surface area (TPSA) is 127 Å². The number of carbonyl (C=O) groups is 1. The van der Waals surface area contributed by atoms with Gasteiger partial charge < -0.3 is 19.4 Å². The zero-order chi connectivity index (χ0) is 26.2. The predicted molar refractivity (Wildman–Crippen MR) is 141 cm³/mol. The van der Waals surface area contributed by atoms with Crippen molar-refractivity contribution in [3.63, 3.8) is 0 Å². The number of rotatable bonds is 7. The summed E-state index contributed by atoms with van der Waals surface area (Å²) in [5.41, 5.74) is 2.52. The van der Waals surface area contributed by atoms with Gasteiger partial charge in [-0.2, -0.15) is 0 Å². The SMILES string of the molecule is COc1cc(Nc2nc3ccccc3nc2NS(=O)(=O)c2ccc(C(=O)N(C)C)cc2)c2occc2c1. The van der Waals surface area contributed by atoms with Gasteiger partial charge in [0.05, 0.1) is 35.0 Å². The number of hydrogen-bond donors (Lipinski definition) is 2. The van der Waals surface area contributed by atoms with Crippen LogP contribution in [-0.4, -0.2) is 50.4 Å². The maximum absolute atomic E-state index is 13.3. The first-order chi connectivity index (χ1) is 17.7. The van der Waals surface area contributed by atoms with Crippen molar-refractivity contribution < 1.29 is 22.4 Å². The quantitative estimate of drug-likeness (QED) is 0.320. The molecule has 188 valence electrons. The molecule has 0 unspecified atom stereocenters. The summed E-state index contributed by atoms with van der Waals surface area (Å²) in [5.74, 6) is 0.522. The molecule has 0 aliphatic heterocycles. The molecule has 0 fully saturated rings. The zero-order valence-electron chi connectivity index (χ0n) is 20.2. The summed E-state index contributed by atoms with van der Waals surface area (Å²) in [6.45, 7) is 0. The number of para-hydroxylation sites is 2. The third-order valence-electron chi connectivity index (χ3n) is 5.63. The van der Waals surface area contributed by atoms with E-state index in [-0.39, 0.29) is 22.4 Å². The van der Waals surface area contributed by atoms with E-state index in [2.05, 4.69) is 20.0 Å². The minimum atomic E-state index is -4.07. The van der Waals surface area contributed by atoms with Crippen LogP contribution in [0.25, 0.3) is 22.0 Å². The lowest BCUT2D eigenvalue weighted by Crippen LogP contribution is -2.22. The molecule has 0 aliphatic rings. The van der Waals surface area contributed by atoms with Gasteiger partial charge in [-0.25, -0.2) is 18.4 Å². The molecule has 0 atom stereocenters. The molecule has 0 saturated heterocycles. The van der Waals surface area contributed by atoms with Crippen molar-refractivity contribution in [1.82, 2.24) is 14.9 Å². The number of benzene rings is 3. The maximum atomic E-state index is 13.3. The highest BCUT2D eigenvalue weighted by molar-refractivity contribution is 7.92. The molecule has 2 aromatic heterocycles. The Morgan fingerprint density at radius 3 is 2.27 bits per heavy atom. The Morgan fingerprint density at radius 1 is 0.946 bits per heavy atom. The van der Waals surface area contributed by atoms with Crippen molar-refractivity contribution >= 4 is 55.3 Å². The fraction of sp³-hybridized carbons (Fsp3) is 0.115. The van der Waals surface area contributed by atoms with Gasteiger partial charge in [0.1, 0.15) is 5.75 Å². The van der Waals surface area contributed by atoms with E-state index in [1.54, 1.807) is 57.8 Å². The first-order valence-corrected chi connectivity index (χ1v) is 12.7. The summed E-state index contributed by atoms with van der Waals surface area (Å²) >= 11 is 0. The number of anilines is 3. The second kappa shape index (κ2) is 9.43. The van der Waals surface area contributed by atoms with E-state index in [0.29, 0.717) is 33.6 Å². The van der Waals surface area contributed by atoms with Gasteiger partial charge >= 0.3 is 0 Å². The lowest BCUT2D eigenvalue weighted by Gasteiger charge is -2.15. The van der Waals surface area contributed by atoms with E-state index >= 15 is 0 Å². The van der Waals surface area contributed by atoms with Crippen LogP contribution in [0.1, 0.15) is 10.4 Å². The second-order valence-corrected chi connectivity index (χ2v) is 10.1. The number of amides is 1. The lowest BCUT2D eigenvalue weighted by molar-refractivity contribution is 0.0827. The first kappa shape index (κ1) is 24.1. The number of carbonyl (C=O) groups excluding carboxylic acids is 1. The summed E-state index contributed by atoms with van der Waals surface area (Å²) < 4.78 is 40.1. The standard InChI is InChI=1S/C26H23N5O5S/c1-31(2)26(32)16-8-10-19(11-9-16)37(33,34)30-25-24(27-20-6-4-5-7-21(20)28-25)29-22-15-18(35-3)14-17-12-13-36-23(17)22/h4-15H,1-3H3,(H,27,29)(H,28,30). The van der Waals surface area contributed by atoms with Gasteiger partial charge in [0, 0.05) is 31.1 Å². The van der Waals surface area contributed by atoms with Crippen molar-refractivity contribution in [3.8, 4) is 5.75 Å². The summed E-state index contributed by atoms with van der Waals surface area (Å²) in [5, 5.41) is 3.95. The molecule has 0 aliphatic carbocycles. The molecule has 0 bridgehead atoms.